The van der Waals surface area contributed by atoms with Gasteiger partial charge in [-0.15, -0.1) is 0 Å². The van der Waals surface area contributed by atoms with Crippen molar-refractivity contribution >= 4 is 23.5 Å². The predicted molar refractivity (Wildman–Crippen MR) is 109 cm³/mol. The van der Waals surface area contributed by atoms with E-state index in [1.165, 1.54) is 4.90 Å². The molecule has 1 saturated heterocycles. The van der Waals surface area contributed by atoms with Crippen molar-refractivity contribution in [2.24, 2.45) is 35.5 Å². The maximum absolute atomic E-state index is 13.4. The summed E-state index contributed by atoms with van der Waals surface area (Å²) in [5.74, 6) is 0.417. The van der Waals surface area contributed by atoms with E-state index in [2.05, 4.69) is 12.2 Å². The van der Waals surface area contributed by atoms with Crippen molar-refractivity contribution in [3.8, 4) is 5.75 Å². The summed E-state index contributed by atoms with van der Waals surface area (Å²) in [6.45, 7) is 0. The van der Waals surface area contributed by atoms with Gasteiger partial charge in [0.25, 0.3) is 0 Å². The summed E-state index contributed by atoms with van der Waals surface area (Å²) in [6, 6.07) is 16.2. The SMILES string of the molecule is O=C(Cc1ccccc1)Oc1ccccc1N1C(=O)C2C3C=CC(C4CC34)C2C1=O. The number of allylic oxidation sites excluding steroid dienone is 2. The summed E-state index contributed by atoms with van der Waals surface area (Å²) in [6.07, 6.45) is 5.56. The molecule has 1 aliphatic heterocycles. The minimum atomic E-state index is -0.423. The summed E-state index contributed by atoms with van der Waals surface area (Å²) >= 11 is 0. The first kappa shape index (κ1) is 17.6. The maximum Gasteiger partial charge on any atom is 0.315 e. The van der Waals surface area contributed by atoms with E-state index in [1.54, 1.807) is 24.3 Å². The molecule has 0 N–H and O–H groups in total. The van der Waals surface area contributed by atoms with Crippen LogP contribution in [0.4, 0.5) is 5.69 Å². The fraction of sp³-hybridized carbons (Fsp3) is 0.320. The lowest BCUT2D eigenvalue weighted by Crippen LogP contribution is -2.40. The molecule has 5 heteroatoms. The molecule has 150 valence electrons. The third kappa shape index (κ3) is 2.51. The fourth-order valence-corrected chi connectivity index (χ4v) is 5.84. The summed E-state index contributed by atoms with van der Waals surface area (Å²) in [5, 5.41) is 0. The van der Waals surface area contributed by atoms with E-state index < -0.39 is 5.97 Å². The van der Waals surface area contributed by atoms with Crippen molar-refractivity contribution in [3.63, 3.8) is 0 Å². The lowest BCUT2D eigenvalue weighted by atomic mass is 9.63. The molecule has 2 aromatic rings. The van der Waals surface area contributed by atoms with Gasteiger partial charge in [0.1, 0.15) is 0 Å². The molecule has 2 saturated carbocycles. The van der Waals surface area contributed by atoms with Crippen LogP contribution < -0.4 is 9.64 Å². The number of nitrogens with zero attached hydrogens (tertiary/aromatic N) is 1. The topological polar surface area (TPSA) is 63.7 Å². The van der Waals surface area contributed by atoms with Crippen LogP contribution in [-0.4, -0.2) is 17.8 Å². The quantitative estimate of drug-likeness (QED) is 0.342. The lowest BCUT2D eigenvalue weighted by molar-refractivity contribution is -0.134. The third-order valence-corrected chi connectivity index (χ3v) is 7.18. The number of hydrogen-bond donors (Lipinski definition) is 0. The summed E-state index contributed by atoms with van der Waals surface area (Å²) < 4.78 is 5.61. The molecule has 5 nitrogen and oxygen atoms in total. The Morgan fingerprint density at radius 3 is 2.13 bits per heavy atom. The van der Waals surface area contributed by atoms with E-state index in [4.69, 9.17) is 4.74 Å². The molecule has 0 aromatic heterocycles. The van der Waals surface area contributed by atoms with Crippen LogP contribution in [0.25, 0.3) is 0 Å². The van der Waals surface area contributed by atoms with Gasteiger partial charge in [0.2, 0.25) is 11.8 Å². The molecule has 1 heterocycles. The zero-order valence-electron chi connectivity index (χ0n) is 16.3. The van der Waals surface area contributed by atoms with E-state index in [1.807, 2.05) is 30.3 Å². The second kappa shape index (κ2) is 6.39. The molecule has 5 aliphatic rings. The molecule has 2 bridgehead atoms. The Kier molecular flexibility index (Phi) is 3.76. The molecule has 30 heavy (non-hydrogen) atoms. The van der Waals surface area contributed by atoms with Crippen LogP contribution in [0.15, 0.2) is 66.7 Å². The van der Waals surface area contributed by atoms with Gasteiger partial charge in [-0.1, -0.05) is 54.6 Å². The molecule has 6 unspecified atom stereocenters. The van der Waals surface area contributed by atoms with E-state index >= 15 is 0 Å². The monoisotopic (exact) mass is 399 g/mol. The first-order valence-corrected chi connectivity index (χ1v) is 10.5. The number of carbonyl (C=O) groups is 3. The Morgan fingerprint density at radius 1 is 0.867 bits per heavy atom. The summed E-state index contributed by atoms with van der Waals surface area (Å²) in [4.78, 5) is 40.5. The summed E-state index contributed by atoms with van der Waals surface area (Å²) in [7, 11) is 0. The Labute approximate surface area is 174 Å². The van der Waals surface area contributed by atoms with Gasteiger partial charge >= 0.3 is 5.97 Å². The van der Waals surface area contributed by atoms with Gasteiger partial charge in [-0.3, -0.25) is 14.4 Å². The molecule has 2 aromatic carbocycles. The van der Waals surface area contributed by atoms with Crippen molar-refractivity contribution in [3.05, 3.63) is 72.3 Å². The average molecular weight is 399 g/mol. The van der Waals surface area contributed by atoms with Crippen LogP contribution in [0.2, 0.25) is 0 Å². The minimum Gasteiger partial charge on any atom is -0.424 e. The van der Waals surface area contributed by atoms with E-state index in [9.17, 15) is 14.4 Å². The van der Waals surface area contributed by atoms with Crippen LogP contribution in [0.5, 0.6) is 5.75 Å². The highest BCUT2D eigenvalue weighted by molar-refractivity contribution is 6.23. The molecule has 6 atom stereocenters. The summed E-state index contributed by atoms with van der Waals surface area (Å²) in [5.41, 5.74) is 1.22. The van der Waals surface area contributed by atoms with Gasteiger partial charge in [-0.2, -0.15) is 0 Å². The standard InChI is InChI=1S/C25H21NO4/c27-21(12-14-6-2-1-3-7-14)30-20-9-5-4-8-19(20)26-24(28)22-15-10-11-16(18-13-17(15)18)23(22)25(26)29/h1-11,15-18,22-23H,12-13H2. The Morgan fingerprint density at radius 2 is 1.47 bits per heavy atom. The number of ether oxygens (including phenoxy) is 1. The number of esters is 1. The number of amides is 2. The van der Waals surface area contributed by atoms with Gasteiger partial charge in [0.15, 0.2) is 5.75 Å². The number of hydrogen-bond acceptors (Lipinski definition) is 4. The normalized spacial score (nSPS) is 32.7. The van der Waals surface area contributed by atoms with Gasteiger partial charge in [-0.25, -0.2) is 4.90 Å². The highest BCUT2D eigenvalue weighted by Crippen LogP contribution is 2.65. The number of imide groups is 1. The van der Waals surface area contributed by atoms with Crippen molar-refractivity contribution < 1.29 is 19.1 Å². The maximum atomic E-state index is 13.4. The lowest BCUT2D eigenvalue weighted by Gasteiger charge is -2.37. The van der Waals surface area contributed by atoms with Crippen molar-refractivity contribution in [1.82, 2.24) is 0 Å². The number of carbonyl (C=O) groups excluding carboxylic acids is 3. The first-order valence-electron chi connectivity index (χ1n) is 10.5. The Balaban J connectivity index is 1.29. The number of para-hydroxylation sites is 2. The van der Waals surface area contributed by atoms with Gasteiger partial charge in [0, 0.05) is 0 Å². The van der Waals surface area contributed by atoms with E-state index in [0.29, 0.717) is 17.5 Å². The zero-order valence-corrected chi connectivity index (χ0v) is 16.3. The fourth-order valence-electron chi connectivity index (χ4n) is 5.84. The Hall–Kier alpha value is -3.21. The molecule has 0 spiro atoms. The molecular formula is C25H21NO4. The van der Waals surface area contributed by atoms with Crippen LogP contribution in [-0.2, 0) is 20.8 Å². The smallest absolute Gasteiger partial charge is 0.315 e. The highest BCUT2D eigenvalue weighted by Gasteiger charge is 2.67. The Bertz CT molecular complexity index is 1060. The minimum absolute atomic E-state index is 0.125. The molecule has 2 amide bonds. The third-order valence-electron chi connectivity index (χ3n) is 7.18. The van der Waals surface area contributed by atoms with Gasteiger partial charge < -0.3 is 4.74 Å². The van der Waals surface area contributed by atoms with Crippen LogP contribution in [0.1, 0.15) is 12.0 Å². The van der Waals surface area contributed by atoms with Gasteiger partial charge in [0.05, 0.1) is 23.9 Å². The van der Waals surface area contributed by atoms with Crippen LogP contribution >= 0.6 is 0 Å². The molecule has 4 aliphatic carbocycles. The van der Waals surface area contributed by atoms with E-state index in [-0.39, 0.29) is 47.7 Å². The molecule has 3 fully saturated rings. The van der Waals surface area contributed by atoms with Crippen molar-refractivity contribution in [1.29, 1.82) is 0 Å². The molecular weight excluding hydrogens is 378 g/mol. The zero-order chi connectivity index (χ0) is 20.4. The average Bonchev–Trinajstić information content (AvgIpc) is 3.53. The van der Waals surface area contributed by atoms with Crippen LogP contribution in [0, 0.1) is 35.5 Å². The predicted octanol–water partition coefficient (Wildman–Crippen LogP) is 3.39. The van der Waals surface area contributed by atoms with Gasteiger partial charge in [-0.05, 0) is 47.8 Å². The van der Waals surface area contributed by atoms with Crippen molar-refractivity contribution in [2.45, 2.75) is 12.8 Å². The first-order chi connectivity index (χ1) is 14.6. The second-order valence-corrected chi connectivity index (χ2v) is 8.77. The largest absolute Gasteiger partial charge is 0.424 e. The van der Waals surface area contributed by atoms with E-state index in [0.717, 1.165) is 12.0 Å². The number of benzene rings is 2. The highest BCUT2D eigenvalue weighted by atomic mass is 16.5. The second-order valence-electron chi connectivity index (χ2n) is 8.77. The molecule has 7 rings (SSSR count). The van der Waals surface area contributed by atoms with Crippen molar-refractivity contribution in [2.75, 3.05) is 4.90 Å². The molecule has 0 radical (unpaired) electrons. The van der Waals surface area contributed by atoms with Crippen LogP contribution in [0.3, 0.4) is 0 Å². The number of anilines is 1. The number of rotatable bonds is 4.